The number of aromatic nitrogens is 3. The van der Waals surface area contributed by atoms with Crippen LogP contribution in [0.4, 0.5) is 5.69 Å². The lowest BCUT2D eigenvalue weighted by Gasteiger charge is -2.27. The van der Waals surface area contributed by atoms with Gasteiger partial charge in [0.15, 0.2) is 0 Å². The summed E-state index contributed by atoms with van der Waals surface area (Å²) in [6.45, 7) is 0. The third kappa shape index (κ3) is 4.88. The van der Waals surface area contributed by atoms with Gasteiger partial charge in [0.1, 0.15) is 5.82 Å². The van der Waals surface area contributed by atoms with Crippen LogP contribution in [-0.2, 0) is 9.59 Å². The fourth-order valence-electron chi connectivity index (χ4n) is 3.74. The van der Waals surface area contributed by atoms with Crippen LogP contribution in [0.3, 0.4) is 0 Å². The van der Waals surface area contributed by atoms with Crippen LogP contribution in [-0.4, -0.2) is 38.8 Å². The van der Waals surface area contributed by atoms with Gasteiger partial charge in [-0.2, -0.15) is 11.8 Å². The van der Waals surface area contributed by atoms with Crippen LogP contribution in [0.15, 0.2) is 59.7 Å². The summed E-state index contributed by atoms with van der Waals surface area (Å²) in [6, 6.07) is 11.8. The van der Waals surface area contributed by atoms with Crippen LogP contribution in [0.2, 0.25) is 0 Å². The average Bonchev–Trinajstić information content (AvgIpc) is 2.81. The quantitative estimate of drug-likeness (QED) is 0.511. The second-order valence-electron chi connectivity index (χ2n) is 7.50. The molecule has 2 amide bonds. The second-order valence-corrected chi connectivity index (χ2v) is 8.48. The number of carbonyl (C=O) groups excluding carboxylic acids is 2. The molecule has 2 aromatic heterocycles. The minimum atomic E-state index is -0.600. The van der Waals surface area contributed by atoms with Crippen molar-refractivity contribution in [2.75, 3.05) is 17.3 Å². The Morgan fingerprint density at radius 2 is 2.09 bits per heavy atom. The number of anilines is 1. The first-order valence-corrected chi connectivity index (χ1v) is 11.6. The Bertz CT molecular complexity index is 1180. The minimum absolute atomic E-state index is 0.0713. The molecule has 0 spiro atoms. The lowest BCUT2D eigenvalue weighted by atomic mass is 9.89. The Labute approximate surface area is 189 Å². The number of fused-ring (bicyclic) bond motifs is 1. The number of hydrogen-bond acceptors (Lipinski definition) is 6. The summed E-state index contributed by atoms with van der Waals surface area (Å²) in [5.41, 5.74) is 2.28. The molecule has 0 saturated heterocycles. The molecule has 1 aliphatic rings. The van der Waals surface area contributed by atoms with E-state index in [2.05, 4.69) is 25.6 Å². The summed E-state index contributed by atoms with van der Waals surface area (Å²) >= 11 is 1.64. The molecule has 0 bridgehead atoms. The highest BCUT2D eigenvalue weighted by Crippen LogP contribution is 2.33. The highest BCUT2D eigenvalue weighted by Gasteiger charge is 2.32. The van der Waals surface area contributed by atoms with Gasteiger partial charge in [-0.3, -0.25) is 19.4 Å². The second kappa shape index (κ2) is 9.78. The van der Waals surface area contributed by atoms with Crippen molar-refractivity contribution in [2.24, 2.45) is 0 Å². The first-order valence-electron chi connectivity index (χ1n) is 10.2. The van der Waals surface area contributed by atoms with Crippen LogP contribution < -0.4 is 16.2 Å². The SMILES string of the molecule is CSCC[C@@H](NC(=O)[C@@H]1CC(=O)Nc2ccccc21)c1cc(=O)[nH]c(-c2cccnc2)n1. The van der Waals surface area contributed by atoms with Crippen LogP contribution in [0.25, 0.3) is 11.4 Å². The molecule has 9 heteroatoms. The molecule has 0 fully saturated rings. The van der Waals surface area contributed by atoms with E-state index in [1.54, 1.807) is 36.3 Å². The van der Waals surface area contributed by atoms with Gasteiger partial charge >= 0.3 is 0 Å². The largest absolute Gasteiger partial charge is 0.347 e. The van der Waals surface area contributed by atoms with E-state index in [1.165, 1.54) is 6.07 Å². The summed E-state index contributed by atoms with van der Waals surface area (Å²) in [6.07, 6.45) is 5.91. The molecule has 32 heavy (non-hydrogen) atoms. The molecule has 3 heterocycles. The molecule has 3 N–H and O–H groups in total. The Hall–Kier alpha value is -3.46. The number of rotatable bonds is 7. The third-order valence-corrected chi connectivity index (χ3v) is 5.94. The van der Waals surface area contributed by atoms with Crippen LogP contribution in [0.5, 0.6) is 0 Å². The molecule has 0 radical (unpaired) electrons. The van der Waals surface area contributed by atoms with Gasteiger partial charge in [-0.1, -0.05) is 18.2 Å². The molecule has 2 atom stereocenters. The number of para-hydroxylation sites is 1. The number of thioether (sulfide) groups is 1. The van der Waals surface area contributed by atoms with Crippen LogP contribution in [0.1, 0.15) is 36.1 Å². The topological polar surface area (TPSA) is 117 Å². The number of carbonyl (C=O) groups is 2. The molecule has 0 aliphatic carbocycles. The lowest BCUT2D eigenvalue weighted by molar-refractivity contribution is -0.127. The van der Waals surface area contributed by atoms with E-state index in [4.69, 9.17) is 0 Å². The van der Waals surface area contributed by atoms with Crippen molar-refractivity contribution < 1.29 is 9.59 Å². The van der Waals surface area contributed by atoms with Crippen molar-refractivity contribution in [1.29, 1.82) is 0 Å². The van der Waals surface area contributed by atoms with Crippen molar-refractivity contribution in [2.45, 2.75) is 24.8 Å². The van der Waals surface area contributed by atoms with E-state index in [9.17, 15) is 14.4 Å². The number of aromatic amines is 1. The molecule has 3 aromatic rings. The molecular formula is C23H23N5O3S. The smallest absolute Gasteiger partial charge is 0.251 e. The molecule has 1 aliphatic heterocycles. The predicted molar refractivity (Wildman–Crippen MR) is 124 cm³/mol. The molecule has 164 valence electrons. The van der Waals surface area contributed by atoms with Crippen molar-refractivity contribution in [3.05, 3.63) is 76.5 Å². The summed E-state index contributed by atoms with van der Waals surface area (Å²) in [7, 11) is 0. The standard InChI is InChI=1S/C23H23N5O3S/c1-32-10-8-18(19-12-21(30)28-22(26-19)14-5-4-9-24-13-14)27-23(31)16-11-20(29)25-17-7-3-2-6-15(16)17/h2-7,9,12-13,16,18H,8,10-11H2,1H3,(H,25,29)(H,27,31)(H,26,28,30)/t16-,18-/m1/s1. The zero-order chi connectivity index (χ0) is 22.5. The van der Waals surface area contributed by atoms with Crippen molar-refractivity contribution in [3.8, 4) is 11.4 Å². The van der Waals surface area contributed by atoms with E-state index in [1.807, 2.05) is 30.5 Å². The highest BCUT2D eigenvalue weighted by atomic mass is 32.2. The number of nitrogens with one attached hydrogen (secondary N) is 3. The van der Waals surface area contributed by atoms with Gasteiger partial charge in [-0.15, -0.1) is 0 Å². The average molecular weight is 450 g/mol. The van der Waals surface area contributed by atoms with Crippen molar-refractivity contribution in [1.82, 2.24) is 20.3 Å². The van der Waals surface area contributed by atoms with E-state index in [-0.39, 0.29) is 23.8 Å². The van der Waals surface area contributed by atoms with Gasteiger partial charge < -0.3 is 15.6 Å². The molecule has 0 saturated carbocycles. The minimum Gasteiger partial charge on any atom is -0.347 e. The maximum Gasteiger partial charge on any atom is 0.251 e. The molecule has 1 aromatic carbocycles. The normalized spacial score (nSPS) is 16.0. The van der Waals surface area contributed by atoms with Crippen LogP contribution >= 0.6 is 11.8 Å². The first kappa shape index (κ1) is 21.8. The van der Waals surface area contributed by atoms with Crippen LogP contribution in [0, 0.1) is 0 Å². The predicted octanol–water partition coefficient (Wildman–Crippen LogP) is 2.87. The lowest BCUT2D eigenvalue weighted by Crippen LogP contribution is -2.38. The summed E-state index contributed by atoms with van der Waals surface area (Å²) in [4.78, 5) is 49.2. The number of H-pyrrole nitrogens is 1. The molecule has 4 rings (SSSR count). The summed E-state index contributed by atoms with van der Waals surface area (Å²) < 4.78 is 0. The van der Waals surface area contributed by atoms with E-state index in [0.717, 1.165) is 11.3 Å². The molecule has 8 nitrogen and oxygen atoms in total. The Morgan fingerprint density at radius 3 is 2.88 bits per heavy atom. The first-order chi connectivity index (χ1) is 15.5. The Balaban J connectivity index is 1.64. The van der Waals surface area contributed by atoms with E-state index in [0.29, 0.717) is 29.2 Å². The highest BCUT2D eigenvalue weighted by molar-refractivity contribution is 7.98. The van der Waals surface area contributed by atoms with E-state index >= 15 is 0 Å². The zero-order valence-corrected chi connectivity index (χ0v) is 18.3. The number of pyridine rings is 1. The van der Waals surface area contributed by atoms with Gasteiger partial charge in [-0.05, 0) is 42.2 Å². The number of nitrogens with zero attached hydrogens (tertiary/aromatic N) is 2. The number of amides is 2. The third-order valence-electron chi connectivity index (χ3n) is 5.30. The number of hydrogen-bond donors (Lipinski definition) is 3. The maximum atomic E-state index is 13.3. The van der Waals surface area contributed by atoms with Crippen molar-refractivity contribution >= 4 is 29.3 Å². The Morgan fingerprint density at radius 1 is 1.25 bits per heavy atom. The van der Waals surface area contributed by atoms with Gasteiger partial charge in [0.05, 0.1) is 17.7 Å². The summed E-state index contributed by atoms with van der Waals surface area (Å²) in [5.74, 6) is 0.104. The molecule has 0 unspecified atom stereocenters. The van der Waals surface area contributed by atoms with Gasteiger partial charge in [0.25, 0.3) is 5.56 Å². The fourth-order valence-corrected chi connectivity index (χ4v) is 4.21. The van der Waals surface area contributed by atoms with E-state index < -0.39 is 12.0 Å². The maximum absolute atomic E-state index is 13.3. The van der Waals surface area contributed by atoms with Gasteiger partial charge in [-0.25, -0.2) is 4.98 Å². The fraction of sp³-hybridized carbons (Fsp3) is 0.261. The van der Waals surface area contributed by atoms with Gasteiger partial charge in [0.2, 0.25) is 11.8 Å². The zero-order valence-electron chi connectivity index (χ0n) is 17.5. The molecular weight excluding hydrogens is 426 g/mol. The van der Waals surface area contributed by atoms with Crippen molar-refractivity contribution in [3.63, 3.8) is 0 Å². The number of benzene rings is 1. The Kier molecular flexibility index (Phi) is 6.65. The van der Waals surface area contributed by atoms with Gasteiger partial charge in [0, 0.05) is 36.1 Å². The monoisotopic (exact) mass is 449 g/mol. The summed E-state index contributed by atoms with van der Waals surface area (Å²) in [5, 5.41) is 5.85.